The maximum atomic E-state index is 13.0. The Labute approximate surface area is 132 Å². The summed E-state index contributed by atoms with van der Waals surface area (Å²) in [6.45, 7) is 1.35. The van der Waals surface area contributed by atoms with E-state index < -0.39 is 0 Å². The molecule has 2 heterocycles. The third kappa shape index (κ3) is 3.11. The van der Waals surface area contributed by atoms with Crippen LogP contribution >= 0.6 is 11.8 Å². The minimum Gasteiger partial charge on any atom is -0.338 e. The van der Waals surface area contributed by atoms with E-state index in [2.05, 4.69) is 9.97 Å². The Morgan fingerprint density at radius 3 is 2.59 bits per heavy atom. The van der Waals surface area contributed by atoms with Crippen LogP contribution in [0.4, 0.5) is 4.39 Å². The molecule has 1 fully saturated rings. The van der Waals surface area contributed by atoms with Crippen molar-refractivity contribution in [3.63, 3.8) is 0 Å². The molecule has 1 amide bonds. The average Bonchev–Trinajstić information content (AvgIpc) is 3.05. The van der Waals surface area contributed by atoms with E-state index >= 15 is 0 Å². The van der Waals surface area contributed by atoms with E-state index in [1.54, 1.807) is 24.5 Å². The van der Waals surface area contributed by atoms with Gasteiger partial charge in [0.2, 0.25) is 0 Å². The molecule has 0 radical (unpaired) electrons. The molecule has 1 saturated heterocycles. The van der Waals surface area contributed by atoms with E-state index in [4.69, 9.17) is 0 Å². The highest BCUT2D eigenvalue weighted by atomic mass is 32.2. The maximum absolute atomic E-state index is 13.0. The van der Waals surface area contributed by atoms with Crippen molar-refractivity contribution in [1.82, 2.24) is 14.9 Å². The first-order valence-electron chi connectivity index (χ1n) is 7.08. The van der Waals surface area contributed by atoms with Crippen molar-refractivity contribution < 1.29 is 9.18 Å². The molecule has 0 bridgehead atoms. The van der Waals surface area contributed by atoms with Crippen LogP contribution in [0.5, 0.6) is 0 Å². The number of amides is 1. The first-order valence-corrected chi connectivity index (χ1v) is 8.30. The number of hydrogen-bond acceptors (Lipinski definition) is 4. The molecule has 0 aliphatic carbocycles. The van der Waals surface area contributed by atoms with Crippen LogP contribution in [-0.2, 0) is 0 Å². The van der Waals surface area contributed by atoms with Crippen LogP contribution in [0, 0.1) is 5.82 Å². The van der Waals surface area contributed by atoms with Crippen LogP contribution < -0.4 is 0 Å². The van der Waals surface area contributed by atoms with E-state index in [0.717, 1.165) is 12.0 Å². The summed E-state index contributed by atoms with van der Waals surface area (Å²) in [6, 6.07) is 6.53. The summed E-state index contributed by atoms with van der Waals surface area (Å²) in [4.78, 5) is 22.5. The van der Waals surface area contributed by atoms with Crippen LogP contribution in [0.3, 0.4) is 0 Å². The first kappa shape index (κ1) is 15.0. The number of thioether (sulfide) groups is 1. The van der Waals surface area contributed by atoms with Crippen molar-refractivity contribution in [3.8, 4) is 0 Å². The number of halogens is 1. The zero-order valence-corrected chi connectivity index (χ0v) is 13.0. The molecule has 3 rings (SSSR count). The van der Waals surface area contributed by atoms with E-state index in [1.807, 2.05) is 11.2 Å². The smallest absolute Gasteiger partial charge is 0.257 e. The number of benzene rings is 1. The number of hydrogen-bond donors (Lipinski definition) is 0. The lowest BCUT2D eigenvalue weighted by Crippen LogP contribution is -2.28. The minimum atomic E-state index is -0.235. The molecule has 114 valence electrons. The van der Waals surface area contributed by atoms with Crippen molar-refractivity contribution in [2.75, 3.05) is 19.3 Å². The molecule has 0 unspecified atom stereocenters. The van der Waals surface area contributed by atoms with Gasteiger partial charge in [0.25, 0.3) is 5.91 Å². The molecule has 2 aromatic rings. The summed E-state index contributed by atoms with van der Waals surface area (Å²) in [5.74, 6) is -0.0195. The normalized spacial score (nSPS) is 17.7. The Hall–Kier alpha value is -1.95. The summed E-state index contributed by atoms with van der Waals surface area (Å²) in [5, 5.41) is 0.655. The van der Waals surface area contributed by atoms with Gasteiger partial charge in [-0.1, -0.05) is 23.9 Å². The molecule has 0 spiro atoms. The quantitative estimate of drug-likeness (QED) is 0.645. The fraction of sp³-hybridized carbons (Fsp3) is 0.312. The number of aromatic nitrogens is 2. The molecule has 4 nitrogen and oxygen atoms in total. The van der Waals surface area contributed by atoms with Gasteiger partial charge in [0.05, 0.1) is 5.56 Å². The van der Waals surface area contributed by atoms with Gasteiger partial charge >= 0.3 is 0 Å². The van der Waals surface area contributed by atoms with Crippen molar-refractivity contribution in [2.45, 2.75) is 17.5 Å². The van der Waals surface area contributed by atoms with Crippen molar-refractivity contribution >= 4 is 17.7 Å². The molecule has 1 aliphatic rings. The van der Waals surface area contributed by atoms with Gasteiger partial charge in [-0.3, -0.25) is 4.79 Å². The van der Waals surface area contributed by atoms with Gasteiger partial charge < -0.3 is 4.90 Å². The first-order chi connectivity index (χ1) is 10.7. The predicted molar refractivity (Wildman–Crippen MR) is 83.5 cm³/mol. The van der Waals surface area contributed by atoms with Gasteiger partial charge in [-0.05, 0) is 30.4 Å². The second kappa shape index (κ2) is 6.44. The van der Waals surface area contributed by atoms with Gasteiger partial charge in [-0.2, -0.15) is 0 Å². The van der Waals surface area contributed by atoms with Crippen molar-refractivity contribution in [2.24, 2.45) is 0 Å². The maximum Gasteiger partial charge on any atom is 0.257 e. The SMILES string of the molecule is CSc1ncc(C(=O)N2CC[C@H](c3ccc(F)cc3)C2)cn1. The van der Waals surface area contributed by atoms with E-state index in [-0.39, 0.29) is 17.6 Å². The Morgan fingerprint density at radius 1 is 1.27 bits per heavy atom. The Morgan fingerprint density at radius 2 is 1.95 bits per heavy atom. The molecule has 1 aliphatic heterocycles. The van der Waals surface area contributed by atoms with Crippen molar-refractivity contribution in [3.05, 3.63) is 53.6 Å². The summed E-state index contributed by atoms with van der Waals surface area (Å²) in [7, 11) is 0. The largest absolute Gasteiger partial charge is 0.338 e. The van der Waals surface area contributed by atoms with Crippen LogP contribution in [0.2, 0.25) is 0 Å². The highest BCUT2D eigenvalue weighted by Crippen LogP contribution is 2.28. The van der Waals surface area contributed by atoms with Gasteiger partial charge in [0.15, 0.2) is 5.16 Å². The van der Waals surface area contributed by atoms with E-state index in [0.29, 0.717) is 23.8 Å². The van der Waals surface area contributed by atoms with Gasteiger partial charge in [0.1, 0.15) is 5.82 Å². The molecule has 22 heavy (non-hydrogen) atoms. The zero-order chi connectivity index (χ0) is 15.5. The Kier molecular flexibility index (Phi) is 4.38. The average molecular weight is 317 g/mol. The van der Waals surface area contributed by atoms with Gasteiger partial charge in [-0.15, -0.1) is 0 Å². The van der Waals surface area contributed by atoms with Crippen LogP contribution in [0.25, 0.3) is 0 Å². The molecular formula is C16H16FN3OS. The Balaban J connectivity index is 1.68. The number of carbonyl (C=O) groups is 1. The van der Waals surface area contributed by atoms with Crippen LogP contribution in [0.15, 0.2) is 41.8 Å². The standard InChI is InChI=1S/C16H16FN3OS/c1-22-16-18-8-13(9-19-16)15(21)20-7-6-12(10-20)11-2-4-14(17)5-3-11/h2-5,8-9,12H,6-7,10H2,1H3/t12-/m0/s1. The number of rotatable bonds is 3. The summed E-state index contributed by atoms with van der Waals surface area (Å²) >= 11 is 1.44. The second-order valence-corrected chi connectivity index (χ2v) is 6.02. The molecule has 1 aromatic carbocycles. The monoisotopic (exact) mass is 317 g/mol. The molecule has 1 aromatic heterocycles. The molecule has 6 heteroatoms. The molecule has 0 N–H and O–H groups in total. The topological polar surface area (TPSA) is 46.1 Å². The lowest BCUT2D eigenvalue weighted by atomic mass is 9.99. The highest BCUT2D eigenvalue weighted by molar-refractivity contribution is 7.98. The predicted octanol–water partition coefficient (Wildman–Crippen LogP) is 2.97. The number of carbonyl (C=O) groups excluding carboxylic acids is 1. The summed E-state index contributed by atoms with van der Waals surface area (Å²) in [6.07, 6.45) is 5.94. The van der Waals surface area contributed by atoms with Gasteiger partial charge in [0, 0.05) is 31.4 Å². The van der Waals surface area contributed by atoms with E-state index in [1.165, 1.54) is 23.9 Å². The molecular weight excluding hydrogens is 301 g/mol. The highest BCUT2D eigenvalue weighted by Gasteiger charge is 2.28. The van der Waals surface area contributed by atoms with E-state index in [9.17, 15) is 9.18 Å². The van der Waals surface area contributed by atoms with Gasteiger partial charge in [-0.25, -0.2) is 14.4 Å². The fourth-order valence-electron chi connectivity index (χ4n) is 2.67. The second-order valence-electron chi connectivity index (χ2n) is 5.25. The summed E-state index contributed by atoms with van der Waals surface area (Å²) < 4.78 is 13.0. The lowest BCUT2D eigenvalue weighted by molar-refractivity contribution is 0.0789. The van der Waals surface area contributed by atoms with Crippen molar-refractivity contribution in [1.29, 1.82) is 0 Å². The summed E-state index contributed by atoms with van der Waals surface area (Å²) in [5.41, 5.74) is 1.59. The number of nitrogens with zero attached hydrogens (tertiary/aromatic N) is 3. The lowest BCUT2D eigenvalue weighted by Gasteiger charge is -2.16. The number of likely N-dealkylation sites (tertiary alicyclic amines) is 1. The third-order valence-electron chi connectivity index (χ3n) is 3.87. The van der Waals surface area contributed by atoms with Crippen LogP contribution in [0.1, 0.15) is 28.3 Å². The fourth-order valence-corrected chi connectivity index (χ4v) is 2.98. The Bertz CT molecular complexity index is 660. The zero-order valence-electron chi connectivity index (χ0n) is 12.2. The van der Waals surface area contributed by atoms with Crippen LogP contribution in [-0.4, -0.2) is 40.1 Å². The minimum absolute atomic E-state index is 0.0442. The molecule has 1 atom stereocenters. The third-order valence-corrected chi connectivity index (χ3v) is 4.45. The molecule has 0 saturated carbocycles.